The molecule has 0 aromatic heterocycles. The lowest BCUT2D eigenvalue weighted by atomic mass is 10.00. The molecule has 0 fully saturated rings. The van der Waals surface area contributed by atoms with Gasteiger partial charge in [-0.25, -0.2) is 4.79 Å². The monoisotopic (exact) mass is 364 g/mol. The Morgan fingerprint density at radius 1 is 1.10 bits per heavy atom. The van der Waals surface area contributed by atoms with Gasteiger partial charge in [-0.15, -0.1) is 0 Å². The summed E-state index contributed by atoms with van der Waals surface area (Å²) in [7, 11) is 0. The van der Waals surface area contributed by atoms with E-state index in [1.165, 1.54) is 6.92 Å². The molecule has 0 aliphatic heterocycles. The van der Waals surface area contributed by atoms with Crippen molar-refractivity contribution in [3.8, 4) is 0 Å². The maximum atomic E-state index is 12.8. The lowest BCUT2D eigenvalue weighted by Crippen LogP contribution is -2.21. The van der Waals surface area contributed by atoms with Crippen LogP contribution in [0.3, 0.4) is 0 Å². The molecule has 0 saturated carbocycles. The summed E-state index contributed by atoms with van der Waals surface area (Å²) in [5.74, 6) is -1.67. The summed E-state index contributed by atoms with van der Waals surface area (Å²) in [5.41, 5.74) is -4.93. The van der Waals surface area contributed by atoms with Gasteiger partial charge in [0, 0.05) is 4.47 Å². The predicted octanol–water partition coefficient (Wildman–Crippen LogP) is 4.66. The Labute approximate surface area is 117 Å². The molecule has 0 amide bonds. The van der Waals surface area contributed by atoms with Crippen LogP contribution in [0.25, 0.3) is 0 Å². The third-order valence-corrected chi connectivity index (χ3v) is 2.65. The molecular formula is C11H7BrF6O2. The summed E-state index contributed by atoms with van der Waals surface area (Å²) >= 11 is 2.57. The van der Waals surface area contributed by atoms with Crippen molar-refractivity contribution in [3.05, 3.63) is 33.3 Å². The Hall–Kier alpha value is -1.25. The number of benzene rings is 1. The number of carbonyl (C=O) groups is 1. The topological polar surface area (TPSA) is 26.3 Å². The summed E-state index contributed by atoms with van der Waals surface area (Å²) in [6.07, 6.45) is -10.2. The summed E-state index contributed by atoms with van der Waals surface area (Å²) in [6, 6.07) is 0.809. The fraction of sp³-hybridized carbons (Fsp3) is 0.364. The van der Waals surface area contributed by atoms with Gasteiger partial charge in [0.05, 0.1) is 23.3 Å². The molecule has 0 unspecified atom stereocenters. The fourth-order valence-electron chi connectivity index (χ4n) is 1.48. The molecule has 0 saturated heterocycles. The molecule has 1 aromatic carbocycles. The molecule has 9 heteroatoms. The summed E-state index contributed by atoms with van der Waals surface area (Å²) < 4.78 is 80.7. The van der Waals surface area contributed by atoms with E-state index in [1.807, 2.05) is 0 Å². The van der Waals surface area contributed by atoms with Gasteiger partial charge in [-0.05, 0) is 19.1 Å². The maximum Gasteiger partial charge on any atom is 0.417 e. The van der Waals surface area contributed by atoms with Gasteiger partial charge >= 0.3 is 18.3 Å². The molecule has 0 atom stereocenters. The van der Waals surface area contributed by atoms with E-state index >= 15 is 0 Å². The largest absolute Gasteiger partial charge is 0.462 e. The Morgan fingerprint density at radius 3 is 1.80 bits per heavy atom. The predicted molar refractivity (Wildman–Crippen MR) is 60.1 cm³/mol. The van der Waals surface area contributed by atoms with Crippen molar-refractivity contribution in [3.63, 3.8) is 0 Å². The molecule has 1 aromatic rings. The van der Waals surface area contributed by atoms with Gasteiger partial charge in [0.2, 0.25) is 0 Å². The van der Waals surface area contributed by atoms with E-state index in [1.54, 1.807) is 0 Å². The number of rotatable bonds is 2. The normalized spacial score (nSPS) is 12.4. The van der Waals surface area contributed by atoms with E-state index in [2.05, 4.69) is 20.7 Å². The summed E-state index contributed by atoms with van der Waals surface area (Å²) in [5, 5.41) is 0. The van der Waals surface area contributed by atoms with Gasteiger partial charge in [0.1, 0.15) is 0 Å². The van der Waals surface area contributed by atoms with E-state index in [9.17, 15) is 31.1 Å². The van der Waals surface area contributed by atoms with Crippen LogP contribution >= 0.6 is 15.9 Å². The first-order chi connectivity index (χ1) is 8.98. The quantitative estimate of drug-likeness (QED) is 0.563. The van der Waals surface area contributed by atoms with Gasteiger partial charge < -0.3 is 4.74 Å². The number of esters is 1. The van der Waals surface area contributed by atoms with E-state index in [0.29, 0.717) is 12.1 Å². The van der Waals surface area contributed by atoms with E-state index in [4.69, 9.17) is 0 Å². The van der Waals surface area contributed by atoms with Crippen LogP contribution in [-0.4, -0.2) is 12.6 Å². The molecule has 0 aliphatic rings. The van der Waals surface area contributed by atoms with Crippen LogP contribution in [0.2, 0.25) is 0 Å². The Balaban J connectivity index is 3.68. The van der Waals surface area contributed by atoms with Crippen molar-refractivity contribution in [2.75, 3.05) is 6.61 Å². The number of carbonyl (C=O) groups excluding carboxylic acids is 1. The van der Waals surface area contributed by atoms with E-state index in [0.717, 1.165) is 0 Å². The molecule has 1 rings (SSSR count). The lowest BCUT2D eigenvalue weighted by molar-refractivity contribution is -0.144. The molecule has 2 nitrogen and oxygen atoms in total. The smallest absolute Gasteiger partial charge is 0.417 e. The molecule has 0 bridgehead atoms. The van der Waals surface area contributed by atoms with Crippen molar-refractivity contribution in [1.82, 2.24) is 0 Å². The second-order valence-corrected chi connectivity index (χ2v) is 4.51. The van der Waals surface area contributed by atoms with Gasteiger partial charge in [-0.2, -0.15) is 26.3 Å². The van der Waals surface area contributed by atoms with Crippen LogP contribution in [-0.2, 0) is 17.1 Å². The summed E-state index contributed by atoms with van der Waals surface area (Å²) in [4.78, 5) is 11.5. The van der Waals surface area contributed by atoms with Gasteiger partial charge in [-0.1, -0.05) is 15.9 Å². The molecular weight excluding hydrogens is 358 g/mol. The molecule has 0 heterocycles. The number of hydrogen-bond donors (Lipinski definition) is 0. The molecule has 20 heavy (non-hydrogen) atoms. The highest BCUT2D eigenvalue weighted by molar-refractivity contribution is 9.10. The Bertz CT molecular complexity index is 486. The first-order valence-corrected chi connectivity index (χ1v) is 5.92. The summed E-state index contributed by atoms with van der Waals surface area (Å²) in [6.45, 7) is 0.931. The van der Waals surface area contributed by atoms with Crippen molar-refractivity contribution in [2.24, 2.45) is 0 Å². The van der Waals surface area contributed by atoms with Gasteiger partial charge in [0.25, 0.3) is 0 Å². The SMILES string of the molecule is CCOC(=O)c1c(C(F)(F)F)cc(Br)cc1C(F)(F)F. The van der Waals surface area contributed by atoms with Crippen molar-refractivity contribution >= 4 is 21.9 Å². The lowest BCUT2D eigenvalue weighted by Gasteiger charge is -2.18. The second-order valence-electron chi connectivity index (χ2n) is 3.59. The minimum absolute atomic E-state index is 0.344. The standard InChI is InChI=1S/C11H7BrF6O2/c1-2-20-9(19)8-6(10(13,14)15)3-5(12)4-7(8)11(16,17)18/h3-4H,2H2,1H3. The number of ether oxygens (including phenoxy) is 1. The average molecular weight is 365 g/mol. The number of halogens is 7. The molecule has 0 N–H and O–H groups in total. The van der Waals surface area contributed by atoms with Crippen LogP contribution in [0.15, 0.2) is 16.6 Å². The highest BCUT2D eigenvalue weighted by Gasteiger charge is 2.43. The minimum atomic E-state index is -5.12. The van der Waals surface area contributed by atoms with Gasteiger partial charge in [0.15, 0.2) is 0 Å². The number of hydrogen-bond acceptors (Lipinski definition) is 2. The maximum absolute atomic E-state index is 12.8. The number of alkyl halides is 6. The minimum Gasteiger partial charge on any atom is -0.462 e. The first-order valence-electron chi connectivity index (χ1n) is 5.13. The zero-order valence-electron chi connectivity index (χ0n) is 9.82. The van der Waals surface area contributed by atoms with Gasteiger partial charge in [-0.3, -0.25) is 0 Å². The van der Waals surface area contributed by atoms with Crippen LogP contribution in [0.5, 0.6) is 0 Å². The molecule has 0 spiro atoms. The highest BCUT2D eigenvalue weighted by atomic mass is 79.9. The van der Waals surface area contributed by atoms with E-state index in [-0.39, 0.29) is 6.61 Å². The zero-order valence-corrected chi connectivity index (χ0v) is 11.4. The van der Waals surface area contributed by atoms with Crippen LogP contribution in [0.4, 0.5) is 26.3 Å². The molecule has 0 radical (unpaired) electrons. The molecule has 112 valence electrons. The van der Waals surface area contributed by atoms with Crippen molar-refractivity contribution in [1.29, 1.82) is 0 Å². The van der Waals surface area contributed by atoms with Crippen molar-refractivity contribution < 1.29 is 35.9 Å². The third-order valence-electron chi connectivity index (χ3n) is 2.19. The fourth-order valence-corrected chi connectivity index (χ4v) is 1.94. The molecule has 0 aliphatic carbocycles. The van der Waals surface area contributed by atoms with Crippen LogP contribution in [0.1, 0.15) is 28.4 Å². The second kappa shape index (κ2) is 5.63. The Kier molecular flexibility index (Phi) is 4.73. The van der Waals surface area contributed by atoms with E-state index < -0.39 is 39.5 Å². The third kappa shape index (κ3) is 3.65. The average Bonchev–Trinajstić information content (AvgIpc) is 2.25. The van der Waals surface area contributed by atoms with Crippen LogP contribution < -0.4 is 0 Å². The van der Waals surface area contributed by atoms with Crippen LogP contribution in [0, 0.1) is 0 Å². The highest BCUT2D eigenvalue weighted by Crippen LogP contribution is 2.41. The first kappa shape index (κ1) is 16.8. The zero-order chi connectivity index (χ0) is 15.7. The van der Waals surface area contributed by atoms with Crippen molar-refractivity contribution in [2.45, 2.75) is 19.3 Å². The Morgan fingerprint density at radius 2 is 1.50 bits per heavy atom.